The zero-order valence-corrected chi connectivity index (χ0v) is 14.1. The topological polar surface area (TPSA) is 53.5 Å². The van der Waals surface area contributed by atoms with Gasteiger partial charge in [-0.1, -0.05) is 0 Å². The first-order valence-corrected chi connectivity index (χ1v) is 9.43. The second kappa shape index (κ2) is 6.70. The molecule has 1 unspecified atom stereocenters. The highest BCUT2D eigenvalue weighted by Gasteiger charge is 2.31. The third-order valence-electron chi connectivity index (χ3n) is 3.47. The molecule has 1 saturated heterocycles. The summed E-state index contributed by atoms with van der Waals surface area (Å²) in [7, 11) is -1.82. The molecular weight excluding hydrogens is 318 g/mol. The summed E-state index contributed by atoms with van der Waals surface area (Å²) < 4.78 is 28.0. The summed E-state index contributed by atoms with van der Waals surface area (Å²) in [5, 5.41) is 2.85. The number of hydrogen-bond acceptors (Lipinski definition) is 4. The monoisotopic (exact) mass is 337 g/mol. The summed E-state index contributed by atoms with van der Waals surface area (Å²) in [4.78, 5) is 4.31. The molecule has 20 heavy (non-hydrogen) atoms. The van der Waals surface area contributed by atoms with E-state index in [9.17, 15) is 8.42 Å². The Bertz CT molecular complexity index is 547. The molecule has 0 aromatic carbocycles. The van der Waals surface area contributed by atoms with Gasteiger partial charge >= 0.3 is 0 Å². The zero-order chi connectivity index (χ0) is 14.8. The molecule has 1 aromatic rings. The Morgan fingerprint density at radius 1 is 1.60 bits per heavy atom. The molecule has 1 aromatic heterocycles. The molecule has 114 valence electrons. The van der Waals surface area contributed by atoms with E-state index in [-0.39, 0.29) is 5.92 Å². The number of hydrogen-bond donors (Lipinski definition) is 0. The maximum Gasteiger partial charge on any atom is 0.282 e. The van der Waals surface area contributed by atoms with Crippen LogP contribution in [0.1, 0.15) is 23.5 Å². The van der Waals surface area contributed by atoms with Crippen LogP contribution in [0.25, 0.3) is 0 Å². The zero-order valence-electron chi connectivity index (χ0n) is 11.7. The van der Waals surface area contributed by atoms with E-state index >= 15 is 0 Å². The van der Waals surface area contributed by atoms with Crippen molar-refractivity contribution in [2.75, 3.05) is 26.0 Å². The lowest BCUT2D eigenvalue weighted by molar-refractivity contribution is 0.264. The standard InChI is InChI=1S/C12H20ClN3O2S2/c1-10-14-12(9-19-10)8-15(2)20(17,18)16-5-3-4-11(6-13)7-16/h9,11H,3-8H2,1-2H3. The van der Waals surface area contributed by atoms with Gasteiger partial charge in [0.2, 0.25) is 0 Å². The SMILES string of the molecule is Cc1nc(CN(C)S(=O)(=O)N2CCCC(CCl)C2)cs1. The Morgan fingerprint density at radius 3 is 2.95 bits per heavy atom. The van der Waals surface area contributed by atoms with Crippen molar-refractivity contribution in [1.82, 2.24) is 13.6 Å². The quantitative estimate of drug-likeness (QED) is 0.773. The van der Waals surface area contributed by atoms with E-state index < -0.39 is 10.2 Å². The minimum atomic E-state index is -3.42. The van der Waals surface area contributed by atoms with Crippen LogP contribution in [-0.2, 0) is 16.8 Å². The van der Waals surface area contributed by atoms with Crippen LogP contribution in [0, 0.1) is 12.8 Å². The van der Waals surface area contributed by atoms with Crippen molar-refractivity contribution in [3.63, 3.8) is 0 Å². The van der Waals surface area contributed by atoms with Crippen LogP contribution in [-0.4, -0.2) is 48.0 Å². The summed E-state index contributed by atoms with van der Waals surface area (Å²) in [6.45, 7) is 3.33. The molecule has 0 N–H and O–H groups in total. The molecule has 0 saturated carbocycles. The Hall–Kier alpha value is -0.210. The fourth-order valence-corrected chi connectivity index (χ4v) is 4.65. The smallest absolute Gasteiger partial charge is 0.245 e. The molecule has 8 heteroatoms. The largest absolute Gasteiger partial charge is 0.282 e. The van der Waals surface area contributed by atoms with Crippen molar-refractivity contribution in [3.8, 4) is 0 Å². The van der Waals surface area contributed by atoms with E-state index in [1.807, 2.05) is 12.3 Å². The Kier molecular flexibility index (Phi) is 5.42. The molecule has 2 rings (SSSR count). The maximum atomic E-state index is 12.5. The minimum Gasteiger partial charge on any atom is -0.245 e. The molecule has 0 amide bonds. The molecule has 1 aliphatic heterocycles. The molecular formula is C12H20ClN3O2S2. The summed E-state index contributed by atoms with van der Waals surface area (Å²) in [6, 6.07) is 0. The average Bonchev–Trinajstić information content (AvgIpc) is 2.84. The molecule has 2 heterocycles. The number of thiazole rings is 1. The van der Waals surface area contributed by atoms with Crippen molar-refractivity contribution >= 4 is 33.1 Å². The first kappa shape index (κ1) is 16.2. The maximum absolute atomic E-state index is 12.5. The highest BCUT2D eigenvalue weighted by Crippen LogP contribution is 2.22. The average molecular weight is 338 g/mol. The van der Waals surface area contributed by atoms with Gasteiger partial charge in [0.05, 0.1) is 17.2 Å². The highest BCUT2D eigenvalue weighted by atomic mass is 35.5. The molecule has 0 radical (unpaired) electrons. The van der Waals surface area contributed by atoms with E-state index in [2.05, 4.69) is 4.98 Å². The normalized spacial score (nSPS) is 21.5. The van der Waals surface area contributed by atoms with Gasteiger partial charge in [-0.25, -0.2) is 4.98 Å². The van der Waals surface area contributed by atoms with E-state index in [1.54, 1.807) is 11.4 Å². The van der Waals surface area contributed by atoms with Crippen molar-refractivity contribution < 1.29 is 8.42 Å². The molecule has 0 bridgehead atoms. The third kappa shape index (κ3) is 3.71. The van der Waals surface area contributed by atoms with Crippen LogP contribution >= 0.6 is 22.9 Å². The molecule has 1 fully saturated rings. The van der Waals surface area contributed by atoms with Gasteiger partial charge < -0.3 is 0 Å². The van der Waals surface area contributed by atoms with Crippen molar-refractivity contribution in [2.45, 2.75) is 26.3 Å². The molecule has 0 spiro atoms. The summed E-state index contributed by atoms with van der Waals surface area (Å²) in [6.07, 6.45) is 1.88. The van der Waals surface area contributed by atoms with Gasteiger partial charge in [-0.05, 0) is 25.7 Å². The van der Waals surface area contributed by atoms with Crippen molar-refractivity contribution in [1.29, 1.82) is 0 Å². The van der Waals surface area contributed by atoms with Gasteiger partial charge in [0.25, 0.3) is 10.2 Å². The predicted molar refractivity (Wildman–Crippen MR) is 82.3 cm³/mol. The number of aromatic nitrogens is 1. The number of rotatable bonds is 5. The first-order chi connectivity index (χ1) is 9.43. The molecule has 1 atom stereocenters. The highest BCUT2D eigenvalue weighted by molar-refractivity contribution is 7.86. The van der Waals surface area contributed by atoms with Crippen LogP contribution in [0.15, 0.2) is 5.38 Å². The number of piperidine rings is 1. The van der Waals surface area contributed by atoms with Gasteiger partial charge in [-0.3, -0.25) is 0 Å². The van der Waals surface area contributed by atoms with E-state index in [0.29, 0.717) is 25.5 Å². The van der Waals surface area contributed by atoms with Crippen LogP contribution in [0.2, 0.25) is 0 Å². The molecule has 1 aliphatic rings. The van der Waals surface area contributed by atoms with Crippen molar-refractivity contribution in [3.05, 3.63) is 16.1 Å². The third-order valence-corrected chi connectivity index (χ3v) is 6.63. The minimum absolute atomic E-state index is 0.259. The summed E-state index contributed by atoms with van der Waals surface area (Å²) >= 11 is 7.40. The van der Waals surface area contributed by atoms with Gasteiger partial charge in [-0.15, -0.1) is 22.9 Å². The van der Waals surface area contributed by atoms with E-state index in [0.717, 1.165) is 23.5 Å². The molecule has 5 nitrogen and oxygen atoms in total. The predicted octanol–water partition coefficient (Wildman–Crippen LogP) is 2.08. The second-order valence-corrected chi connectivity index (χ2v) is 8.55. The van der Waals surface area contributed by atoms with Crippen LogP contribution < -0.4 is 0 Å². The van der Waals surface area contributed by atoms with Crippen LogP contribution in [0.3, 0.4) is 0 Å². The Balaban J connectivity index is 2.05. The fourth-order valence-electron chi connectivity index (χ4n) is 2.35. The van der Waals surface area contributed by atoms with Gasteiger partial charge in [0.15, 0.2) is 0 Å². The van der Waals surface area contributed by atoms with Gasteiger partial charge in [-0.2, -0.15) is 17.0 Å². The Labute approximate surface area is 129 Å². The lowest BCUT2D eigenvalue weighted by Crippen LogP contribution is -2.46. The summed E-state index contributed by atoms with van der Waals surface area (Å²) in [5.41, 5.74) is 0.796. The lowest BCUT2D eigenvalue weighted by Gasteiger charge is -2.33. The number of alkyl halides is 1. The number of halogens is 1. The Morgan fingerprint density at radius 2 is 2.35 bits per heavy atom. The molecule has 0 aliphatic carbocycles. The lowest BCUT2D eigenvalue weighted by atomic mass is 10.0. The van der Waals surface area contributed by atoms with Crippen molar-refractivity contribution in [2.24, 2.45) is 5.92 Å². The second-order valence-electron chi connectivity index (χ2n) is 5.14. The van der Waals surface area contributed by atoms with E-state index in [1.165, 1.54) is 15.6 Å². The van der Waals surface area contributed by atoms with Gasteiger partial charge in [0.1, 0.15) is 0 Å². The van der Waals surface area contributed by atoms with Crippen LogP contribution in [0.5, 0.6) is 0 Å². The number of nitrogens with zero attached hydrogens (tertiary/aromatic N) is 3. The van der Waals surface area contributed by atoms with Gasteiger partial charge in [0, 0.05) is 31.4 Å². The summed E-state index contributed by atoms with van der Waals surface area (Å²) in [5.74, 6) is 0.774. The van der Waals surface area contributed by atoms with E-state index in [4.69, 9.17) is 11.6 Å². The fraction of sp³-hybridized carbons (Fsp3) is 0.750. The number of aryl methyl sites for hydroxylation is 1. The van der Waals surface area contributed by atoms with Crippen LogP contribution in [0.4, 0.5) is 0 Å². The first-order valence-electron chi connectivity index (χ1n) is 6.62.